The average Bonchev–Trinajstić information content (AvgIpc) is 2.62. The van der Waals surface area contributed by atoms with Gasteiger partial charge in [0.2, 0.25) is 0 Å². The van der Waals surface area contributed by atoms with Gasteiger partial charge in [0.25, 0.3) is 0 Å². The molecule has 1 aromatic rings. The summed E-state index contributed by atoms with van der Waals surface area (Å²) in [4.78, 5) is 0. The van der Waals surface area contributed by atoms with Crippen molar-refractivity contribution < 1.29 is 0 Å². The van der Waals surface area contributed by atoms with Crippen molar-refractivity contribution >= 4 is 0 Å². The Hall–Kier alpha value is -1.64. The second kappa shape index (κ2) is 6.26. The Bertz CT molecular complexity index is 770. The summed E-state index contributed by atoms with van der Waals surface area (Å²) in [5, 5.41) is 0. The van der Waals surface area contributed by atoms with Crippen LogP contribution in [0.4, 0.5) is 0 Å². The molecule has 4 N–H and O–H groups in total. The molecule has 4 atom stereocenters. The first-order chi connectivity index (χ1) is 12.0. The molecule has 3 aliphatic carbocycles. The molecule has 25 heavy (non-hydrogen) atoms. The third kappa shape index (κ3) is 2.63. The van der Waals surface area contributed by atoms with Gasteiger partial charge < -0.3 is 11.5 Å². The summed E-state index contributed by atoms with van der Waals surface area (Å²) >= 11 is 0. The van der Waals surface area contributed by atoms with Crippen LogP contribution in [0.25, 0.3) is 0 Å². The fourth-order valence-electron chi connectivity index (χ4n) is 5.39. The van der Waals surface area contributed by atoms with Crippen LogP contribution in [0.15, 0.2) is 59.2 Å². The molecule has 0 radical (unpaired) electrons. The Morgan fingerprint density at radius 2 is 1.88 bits per heavy atom. The smallest absolute Gasteiger partial charge is 0.0265 e. The molecule has 0 bridgehead atoms. The summed E-state index contributed by atoms with van der Waals surface area (Å²) in [5.41, 5.74) is 20.1. The first kappa shape index (κ1) is 16.8. The van der Waals surface area contributed by atoms with Gasteiger partial charge in [0, 0.05) is 17.5 Å². The van der Waals surface area contributed by atoms with E-state index in [-0.39, 0.29) is 17.5 Å². The maximum Gasteiger partial charge on any atom is 0.0265 e. The second-order valence-electron chi connectivity index (χ2n) is 8.13. The standard InChI is InChI=1S/C23H30N2/c1-3-15-6-4-5-7-20(15)23(2)21-11-10-18(24)13-17(21)12-16-8-9-19(25)14-22(16)23/h4-8,13-14,18-19,21H,3,9-12,24-25H2,1-2H3/t18?,19?,21?,23-/m0/s1. The van der Waals surface area contributed by atoms with Crippen LogP contribution >= 0.6 is 0 Å². The summed E-state index contributed by atoms with van der Waals surface area (Å²) < 4.78 is 0. The van der Waals surface area contributed by atoms with E-state index in [0.717, 1.165) is 25.7 Å². The number of hydrogen-bond acceptors (Lipinski definition) is 2. The largest absolute Gasteiger partial charge is 0.324 e. The van der Waals surface area contributed by atoms with Gasteiger partial charge in [0.15, 0.2) is 0 Å². The average molecular weight is 335 g/mol. The number of rotatable bonds is 2. The Morgan fingerprint density at radius 3 is 2.68 bits per heavy atom. The van der Waals surface area contributed by atoms with Gasteiger partial charge in [-0.15, -0.1) is 0 Å². The van der Waals surface area contributed by atoms with Gasteiger partial charge in [-0.05, 0) is 60.3 Å². The van der Waals surface area contributed by atoms with Gasteiger partial charge >= 0.3 is 0 Å². The molecule has 3 unspecified atom stereocenters. The topological polar surface area (TPSA) is 52.0 Å². The van der Waals surface area contributed by atoms with E-state index in [2.05, 4.69) is 56.3 Å². The van der Waals surface area contributed by atoms with Crippen LogP contribution in [0.3, 0.4) is 0 Å². The molecule has 1 saturated carbocycles. The SMILES string of the molecule is CCc1ccccc1[C@]1(C)C2=CC(N)CC=C2CC2=CC(N)CCC21. The summed E-state index contributed by atoms with van der Waals surface area (Å²) in [6.45, 7) is 4.71. The van der Waals surface area contributed by atoms with Crippen molar-refractivity contribution in [2.75, 3.05) is 0 Å². The van der Waals surface area contributed by atoms with Gasteiger partial charge in [-0.1, -0.05) is 61.9 Å². The van der Waals surface area contributed by atoms with E-state index in [1.54, 1.807) is 5.57 Å². The zero-order chi connectivity index (χ0) is 17.6. The number of aryl methyl sites for hydroxylation is 1. The fourth-order valence-corrected chi connectivity index (χ4v) is 5.39. The molecular weight excluding hydrogens is 304 g/mol. The third-order valence-corrected chi connectivity index (χ3v) is 6.64. The molecule has 2 heteroatoms. The molecule has 132 valence electrons. The van der Waals surface area contributed by atoms with Crippen molar-refractivity contribution in [3.05, 3.63) is 70.3 Å². The van der Waals surface area contributed by atoms with Crippen molar-refractivity contribution in [3.8, 4) is 0 Å². The van der Waals surface area contributed by atoms with Crippen LogP contribution in [-0.2, 0) is 11.8 Å². The number of hydrogen-bond donors (Lipinski definition) is 2. The maximum absolute atomic E-state index is 6.35. The molecular formula is C23H30N2. The first-order valence-corrected chi connectivity index (χ1v) is 9.75. The van der Waals surface area contributed by atoms with Gasteiger partial charge in [0.05, 0.1) is 0 Å². The molecule has 0 amide bonds. The van der Waals surface area contributed by atoms with E-state index < -0.39 is 0 Å². The zero-order valence-corrected chi connectivity index (χ0v) is 15.5. The van der Waals surface area contributed by atoms with Crippen LogP contribution in [-0.4, -0.2) is 12.1 Å². The Kier molecular flexibility index (Phi) is 4.21. The quantitative estimate of drug-likeness (QED) is 0.798. The number of benzene rings is 1. The fraction of sp³-hybridized carbons (Fsp3) is 0.478. The maximum atomic E-state index is 6.35. The van der Waals surface area contributed by atoms with Gasteiger partial charge in [0.1, 0.15) is 0 Å². The minimum Gasteiger partial charge on any atom is -0.324 e. The molecule has 1 aromatic carbocycles. The summed E-state index contributed by atoms with van der Waals surface area (Å²) in [7, 11) is 0. The van der Waals surface area contributed by atoms with Crippen LogP contribution in [0, 0.1) is 5.92 Å². The van der Waals surface area contributed by atoms with E-state index in [9.17, 15) is 0 Å². The normalized spacial score (nSPS) is 34.4. The monoisotopic (exact) mass is 334 g/mol. The molecule has 0 heterocycles. The van der Waals surface area contributed by atoms with E-state index in [1.807, 2.05) is 0 Å². The highest BCUT2D eigenvalue weighted by Gasteiger charge is 2.48. The highest BCUT2D eigenvalue weighted by Crippen LogP contribution is 2.56. The van der Waals surface area contributed by atoms with E-state index >= 15 is 0 Å². The second-order valence-corrected chi connectivity index (χ2v) is 8.13. The van der Waals surface area contributed by atoms with Crippen LogP contribution in [0.5, 0.6) is 0 Å². The van der Waals surface area contributed by atoms with Gasteiger partial charge in [-0.2, -0.15) is 0 Å². The summed E-state index contributed by atoms with van der Waals surface area (Å²) in [6.07, 6.45) is 12.4. The predicted octanol–water partition coefficient (Wildman–Crippen LogP) is 4.16. The molecule has 3 aliphatic rings. The minimum absolute atomic E-state index is 0.000694. The molecule has 4 rings (SSSR count). The zero-order valence-electron chi connectivity index (χ0n) is 15.5. The number of allylic oxidation sites excluding steroid dienone is 3. The van der Waals surface area contributed by atoms with Crippen LogP contribution in [0.1, 0.15) is 50.7 Å². The molecule has 2 nitrogen and oxygen atoms in total. The molecule has 0 spiro atoms. The van der Waals surface area contributed by atoms with Crippen LogP contribution < -0.4 is 11.5 Å². The van der Waals surface area contributed by atoms with Gasteiger partial charge in [-0.3, -0.25) is 0 Å². The lowest BCUT2D eigenvalue weighted by atomic mass is 9.53. The molecule has 1 fully saturated rings. The third-order valence-electron chi connectivity index (χ3n) is 6.64. The highest BCUT2D eigenvalue weighted by molar-refractivity contribution is 5.57. The van der Waals surface area contributed by atoms with E-state index in [4.69, 9.17) is 11.5 Å². The van der Waals surface area contributed by atoms with E-state index in [0.29, 0.717) is 5.92 Å². The highest BCUT2D eigenvalue weighted by atomic mass is 14.7. The summed E-state index contributed by atoms with van der Waals surface area (Å²) in [6, 6.07) is 9.35. The van der Waals surface area contributed by atoms with Crippen molar-refractivity contribution in [1.82, 2.24) is 0 Å². The molecule has 0 saturated heterocycles. The van der Waals surface area contributed by atoms with Crippen molar-refractivity contribution in [1.29, 1.82) is 0 Å². The Labute approximate surface area is 151 Å². The number of fused-ring (bicyclic) bond motifs is 2. The predicted molar refractivity (Wildman–Crippen MR) is 105 cm³/mol. The first-order valence-electron chi connectivity index (χ1n) is 9.75. The Morgan fingerprint density at radius 1 is 1.08 bits per heavy atom. The number of nitrogens with two attached hydrogens (primary N) is 2. The molecule has 0 aliphatic heterocycles. The lowest BCUT2D eigenvalue weighted by Gasteiger charge is -2.50. The van der Waals surface area contributed by atoms with Crippen LogP contribution in [0.2, 0.25) is 0 Å². The minimum atomic E-state index is 0.000694. The lowest BCUT2D eigenvalue weighted by molar-refractivity contribution is 0.314. The van der Waals surface area contributed by atoms with E-state index in [1.165, 1.54) is 28.7 Å². The van der Waals surface area contributed by atoms with Crippen molar-refractivity contribution in [2.45, 2.75) is 63.5 Å². The van der Waals surface area contributed by atoms with Crippen molar-refractivity contribution in [3.63, 3.8) is 0 Å². The van der Waals surface area contributed by atoms with Crippen molar-refractivity contribution in [2.24, 2.45) is 17.4 Å². The summed E-state index contributed by atoms with van der Waals surface area (Å²) in [5.74, 6) is 0.536. The molecule has 0 aromatic heterocycles. The Balaban J connectivity index is 1.94. The lowest BCUT2D eigenvalue weighted by Crippen LogP contribution is -2.45. The van der Waals surface area contributed by atoms with Gasteiger partial charge in [-0.25, -0.2) is 0 Å².